The number of nitrogens with zero attached hydrogens (tertiary/aromatic N) is 3. The van der Waals surface area contributed by atoms with E-state index in [1.54, 1.807) is 12.4 Å². The van der Waals surface area contributed by atoms with Gasteiger partial charge in [-0.05, 0) is 22.4 Å². The predicted octanol–water partition coefficient (Wildman–Crippen LogP) is 0.604. The maximum absolute atomic E-state index is 11.8. The van der Waals surface area contributed by atoms with Crippen molar-refractivity contribution in [3.05, 3.63) is 28.6 Å². The van der Waals surface area contributed by atoms with Crippen LogP contribution in [0.5, 0.6) is 0 Å². The van der Waals surface area contributed by atoms with Crippen LogP contribution < -0.4 is 5.32 Å². The summed E-state index contributed by atoms with van der Waals surface area (Å²) in [6, 6.07) is 0. The van der Waals surface area contributed by atoms with Crippen molar-refractivity contribution in [1.82, 2.24) is 19.9 Å². The highest BCUT2D eigenvalue weighted by atomic mass is 79.9. The number of aromatic nitrogens is 3. The van der Waals surface area contributed by atoms with Crippen molar-refractivity contribution in [3.8, 4) is 0 Å². The lowest BCUT2D eigenvalue weighted by Crippen LogP contribution is -2.25. The zero-order valence-electron chi connectivity index (χ0n) is 8.93. The average molecular weight is 299 g/mol. The van der Waals surface area contributed by atoms with E-state index in [0.29, 0.717) is 24.2 Å². The lowest BCUT2D eigenvalue weighted by Gasteiger charge is -2.01. The predicted molar refractivity (Wildman–Crippen MR) is 64.7 cm³/mol. The molecule has 0 aliphatic heterocycles. The van der Waals surface area contributed by atoms with E-state index in [0.717, 1.165) is 4.47 Å². The second-order valence-electron chi connectivity index (χ2n) is 3.43. The lowest BCUT2D eigenvalue weighted by molar-refractivity contribution is 0.0952. The number of fused-ring (bicyclic) bond motifs is 1. The molecule has 17 heavy (non-hydrogen) atoms. The first-order chi connectivity index (χ1) is 8.22. The van der Waals surface area contributed by atoms with Crippen LogP contribution in [0.25, 0.3) is 5.65 Å². The van der Waals surface area contributed by atoms with Gasteiger partial charge in [0.2, 0.25) is 0 Å². The Hall–Kier alpha value is -1.47. The molecule has 0 saturated carbocycles. The van der Waals surface area contributed by atoms with E-state index in [1.165, 1.54) is 10.7 Å². The molecule has 90 valence electrons. The monoisotopic (exact) mass is 298 g/mol. The number of hydrogen-bond donors (Lipinski definition) is 2. The molecule has 0 aromatic carbocycles. The average Bonchev–Trinajstić information content (AvgIpc) is 2.72. The van der Waals surface area contributed by atoms with Crippen molar-refractivity contribution >= 4 is 27.5 Å². The zero-order chi connectivity index (χ0) is 12.3. The fraction of sp³-hybridized carbons (Fsp3) is 0.300. The van der Waals surface area contributed by atoms with Crippen molar-refractivity contribution < 1.29 is 9.90 Å². The molecule has 2 aromatic rings. The van der Waals surface area contributed by atoms with E-state index in [-0.39, 0.29) is 12.5 Å². The Morgan fingerprint density at radius 3 is 3.12 bits per heavy atom. The van der Waals surface area contributed by atoms with Crippen LogP contribution in [0.1, 0.15) is 16.8 Å². The highest BCUT2D eigenvalue weighted by molar-refractivity contribution is 9.10. The second-order valence-corrected chi connectivity index (χ2v) is 4.35. The Morgan fingerprint density at radius 2 is 2.35 bits per heavy atom. The molecule has 0 aliphatic rings. The molecule has 2 aromatic heterocycles. The molecule has 7 heteroatoms. The van der Waals surface area contributed by atoms with Crippen LogP contribution in [0.3, 0.4) is 0 Å². The molecule has 0 aliphatic carbocycles. The largest absolute Gasteiger partial charge is 0.396 e. The van der Waals surface area contributed by atoms with Gasteiger partial charge in [-0.15, -0.1) is 0 Å². The summed E-state index contributed by atoms with van der Waals surface area (Å²) in [6.45, 7) is 0.490. The number of aliphatic hydroxyl groups excluding tert-OH is 1. The van der Waals surface area contributed by atoms with Crippen LogP contribution in [0.15, 0.2) is 23.1 Å². The standard InChI is InChI=1S/C10H11BrN4O2/c11-7-4-13-9-8(5-14-15(9)6-7)10(17)12-2-1-3-16/h4-6,16H,1-3H2,(H,12,17). The van der Waals surface area contributed by atoms with Crippen molar-refractivity contribution in [2.24, 2.45) is 0 Å². The van der Waals surface area contributed by atoms with E-state index >= 15 is 0 Å². The molecule has 0 atom stereocenters. The topological polar surface area (TPSA) is 79.5 Å². The minimum absolute atomic E-state index is 0.0558. The maximum atomic E-state index is 11.8. The highest BCUT2D eigenvalue weighted by Crippen LogP contribution is 2.12. The SMILES string of the molecule is O=C(NCCCO)c1cnn2cc(Br)cnc12. The molecule has 0 unspecified atom stereocenters. The van der Waals surface area contributed by atoms with E-state index in [1.807, 2.05) is 0 Å². The first kappa shape index (κ1) is 12.0. The molecule has 0 radical (unpaired) electrons. The minimum atomic E-state index is -0.233. The molecule has 2 heterocycles. The summed E-state index contributed by atoms with van der Waals surface area (Å²) < 4.78 is 2.32. The molecular formula is C10H11BrN4O2. The third-order valence-electron chi connectivity index (χ3n) is 2.19. The van der Waals surface area contributed by atoms with E-state index in [4.69, 9.17) is 5.11 Å². The Labute approximate surface area is 106 Å². The highest BCUT2D eigenvalue weighted by Gasteiger charge is 2.13. The quantitative estimate of drug-likeness (QED) is 0.811. The van der Waals surface area contributed by atoms with Crippen LogP contribution in [-0.2, 0) is 0 Å². The Bertz CT molecular complexity index is 540. The van der Waals surface area contributed by atoms with Gasteiger partial charge in [-0.25, -0.2) is 9.50 Å². The number of hydrogen-bond acceptors (Lipinski definition) is 4. The summed E-state index contributed by atoms with van der Waals surface area (Å²) in [6.07, 6.45) is 5.35. The summed E-state index contributed by atoms with van der Waals surface area (Å²) in [4.78, 5) is 15.9. The van der Waals surface area contributed by atoms with Crippen molar-refractivity contribution in [2.75, 3.05) is 13.2 Å². The molecule has 0 spiro atoms. The van der Waals surface area contributed by atoms with E-state index in [2.05, 4.69) is 31.3 Å². The normalized spacial score (nSPS) is 10.7. The molecule has 6 nitrogen and oxygen atoms in total. The van der Waals surface area contributed by atoms with Crippen molar-refractivity contribution in [3.63, 3.8) is 0 Å². The molecule has 0 fully saturated rings. The van der Waals surface area contributed by atoms with Crippen LogP contribution in [0, 0.1) is 0 Å². The summed E-state index contributed by atoms with van der Waals surface area (Å²) in [5, 5.41) is 15.4. The number of rotatable bonds is 4. The first-order valence-corrected chi connectivity index (χ1v) is 5.89. The van der Waals surface area contributed by atoms with Gasteiger partial charge in [0.1, 0.15) is 5.56 Å². The molecule has 2 N–H and O–H groups in total. The third kappa shape index (κ3) is 2.62. The van der Waals surface area contributed by atoms with Gasteiger partial charge >= 0.3 is 0 Å². The van der Waals surface area contributed by atoms with Crippen molar-refractivity contribution in [1.29, 1.82) is 0 Å². The number of carbonyl (C=O) groups excluding carboxylic acids is 1. The number of halogens is 1. The third-order valence-corrected chi connectivity index (χ3v) is 2.60. The van der Waals surface area contributed by atoms with Gasteiger partial charge in [0.15, 0.2) is 5.65 Å². The van der Waals surface area contributed by atoms with Gasteiger partial charge in [0.05, 0.1) is 10.7 Å². The molecule has 0 saturated heterocycles. The van der Waals surface area contributed by atoms with Gasteiger partial charge < -0.3 is 10.4 Å². The summed E-state index contributed by atoms with van der Waals surface area (Å²) in [5.74, 6) is -0.233. The molecule has 0 bridgehead atoms. The number of aliphatic hydroxyl groups is 1. The van der Waals surface area contributed by atoms with Gasteiger partial charge in [0.25, 0.3) is 5.91 Å². The number of amides is 1. The number of nitrogens with one attached hydrogen (secondary N) is 1. The Morgan fingerprint density at radius 1 is 1.53 bits per heavy atom. The van der Waals surface area contributed by atoms with Crippen molar-refractivity contribution in [2.45, 2.75) is 6.42 Å². The van der Waals surface area contributed by atoms with Gasteiger partial charge in [-0.2, -0.15) is 5.10 Å². The Kier molecular flexibility index (Phi) is 3.70. The molecule has 1 amide bonds. The first-order valence-electron chi connectivity index (χ1n) is 5.10. The molecule has 2 rings (SSSR count). The summed E-state index contributed by atoms with van der Waals surface area (Å²) in [5.41, 5.74) is 0.935. The fourth-order valence-electron chi connectivity index (χ4n) is 1.39. The second kappa shape index (κ2) is 5.24. The van der Waals surface area contributed by atoms with Gasteiger partial charge in [-0.1, -0.05) is 0 Å². The smallest absolute Gasteiger partial charge is 0.256 e. The maximum Gasteiger partial charge on any atom is 0.256 e. The van der Waals surface area contributed by atoms with Gasteiger partial charge in [-0.3, -0.25) is 4.79 Å². The summed E-state index contributed by atoms with van der Waals surface area (Å²) >= 11 is 3.28. The fourth-order valence-corrected chi connectivity index (χ4v) is 1.68. The van der Waals surface area contributed by atoms with Crippen LogP contribution in [-0.4, -0.2) is 38.8 Å². The minimum Gasteiger partial charge on any atom is -0.396 e. The number of carbonyl (C=O) groups is 1. The van der Waals surface area contributed by atoms with Crippen LogP contribution >= 0.6 is 15.9 Å². The lowest BCUT2D eigenvalue weighted by atomic mass is 10.3. The Balaban J connectivity index is 2.21. The van der Waals surface area contributed by atoms with Crippen LogP contribution in [0.4, 0.5) is 0 Å². The summed E-state index contributed by atoms with van der Waals surface area (Å²) in [7, 11) is 0. The van der Waals surface area contributed by atoms with E-state index in [9.17, 15) is 4.79 Å². The van der Waals surface area contributed by atoms with E-state index < -0.39 is 0 Å². The van der Waals surface area contributed by atoms with Gasteiger partial charge in [0, 0.05) is 25.5 Å². The zero-order valence-corrected chi connectivity index (χ0v) is 10.5. The molecular weight excluding hydrogens is 288 g/mol. The van der Waals surface area contributed by atoms with Crippen LogP contribution in [0.2, 0.25) is 0 Å².